The molecule has 1 heterocycles. The number of nitrogens with zero attached hydrogens (tertiary/aromatic N) is 1. The summed E-state index contributed by atoms with van der Waals surface area (Å²) in [4.78, 5) is 26.0. The van der Waals surface area contributed by atoms with Gasteiger partial charge in [0.05, 0.1) is 10.7 Å². The summed E-state index contributed by atoms with van der Waals surface area (Å²) in [7, 11) is 0. The van der Waals surface area contributed by atoms with Gasteiger partial charge in [0.2, 0.25) is 5.91 Å². The number of nitrogens with one attached hydrogen (secondary N) is 1. The van der Waals surface area contributed by atoms with Crippen molar-refractivity contribution in [2.45, 2.75) is 12.5 Å². The minimum Gasteiger partial charge on any atom is -0.506 e. The van der Waals surface area contributed by atoms with Gasteiger partial charge in [0.15, 0.2) is 0 Å². The lowest BCUT2D eigenvalue weighted by molar-refractivity contribution is -0.118. The monoisotopic (exact) mass is 348 g/mol. The molecule has 0 bridgehead atoms. The Kier molecular flexibility index (Phi) is 4.40. The van der Waals surface area contributed by atoms with Crippen molar-refractivity contribution in [3.63, 3.8) is 0 Å². The van der Waals surface area contributed by atoms with Crippen molar-refractivity contribution < 1.29 is 19.1 Å². The number of hydrogen-bond donors (Lipinski definition) is 2. The molecule has 1 aliphatic heterocycles. The Hall–Kier alpha value is -2.60. The molecule has 2 N–H and O–H groups in total. The Morgan fingerprint density at radius 3 is 2.75 bits per heavy atom. The molecule has 5 nitrogen and oxygen atoms in total. The van der Waals surface area contributed by atoms with Crippen molar-refractivity contribution in [3.05, 3.63) is 58.9 Å². The van der Waals surface area contributed by atoms with Gasteiger partial charge in [0.1, 0.15) is 17.6 Å². The van der Waals surface area contributed by atoms with E-state index < -0.39 is 17.8 Å². The third kappa shape index (κ3) is 3.05. The second-order valence-electron chi connectivity index (χ2n) is 5.42. The summed E-state index contributed by atoms with van der Waals surface area (Å²) in [5, 5.41) is 12.0. The summed E-state index contributed by atoms with van der Waals surface area (Å²) in [5.74, 6) is -1.46. The lowest BCUT2D eigenvalue weighted by atomic mass is 10.1. The van der Waals surface area contributed by atoms with Crippen LogP contribution in [0.15, 0.2) is 42.5 Å². The number of phenols is 1. The fourth-order valence-corrected chi connectivity index (χ4v) is 2.79. The van der Waals surface area contributed by atoms with Crippen molar-refractivity contribution in [2.75, 3.05) is 11.4 Å². The molecule has 2 aromatic rings. The first kappa shape index (κ1) is 16.3. The number of anilines is 1. The Bertz CT molecular complexity index is 812. The van der Waals surface area contributed by atoms with E-state index in [9.17, 15) is 19.1 Å². The van der Waals surface area contributed by atoms with Crippen LogP contribution in [0.25, 0.3) is 0 Å². The van der Waals surface area contributed by atoms with Crippen LogP contribution in [0.3, 0.4) is 0 Å². The van der Waals surface area contributed by atoms with E-state index in [-0.39, 0.29) is 27.9 Å². The van der Waals surface area contributed by atoms with Gasteiger partial charge in [-0.15, -0.1) is 0 Å². The van der Waals surface area contributed by atoms with Gasteiger partial charge in [-0.1, -0.05) is 23.7 Å². The van der Waals surface area contributed by atoms with E-state index in [1.807, 2.05) is 0 Å². The lowest BCUT2D eigenvalue weighted by Gasteiger charge is -2.18. The average molecular weight is 349 g/mol. The highest BCUT2D eigenvalue weighted by Crippen LogP contribution is 2.26. The van der Waals surface area contributed by atoms with Crippen LogP contribution in [0.1, 0.15) is 16.8 Å². The quantitative estimate of drug-likeness (QED) is 0.896. The maximum absolute atomic E-state index is 13.8. The Morgan fingerprint density at radius 1 is 1.29 bits per heavy atom. The predicted molar refractivity (Wildman–Crippen MR) is 87.7 cm³/mol. The van der Waals surface area contributed by atoms with Crippen LogP contribution in [0.4, 0.5) is 10.1 Å². The predicted octanol–water partition coefficient (Wildman–Crippen LogP) is 2.72. The van der Waals surface area contributed by atoms with E-state index in [1.54, 1.807) is 12.1 Å². The van der Waals surface area contributed by atoms with Gasteiger partial charge in [0.25, 0.3) is 5.91 Å². The van der Waals surface area contributed by atoms with E-state index in [1.165, 1.54) is 35.2 Å². The zero-order valence-corrected chi connectivity index (χ0v) is 13.3. The van der Waals surface area contributed by atoms with Crippen LogP contribution >= 0.6 is 11.6 Å². The highest BCUT2D eigenvalue weighted by Gasteiger charge is 2.34. The van der Waals surface area contributed by atoms with Crippen molar-refractivity contribution in [2.24, 2.45) is 0 Å². The highest BCUT2D eigenvalue weighted by atomic mass is 35.5. The Balaban J connectivity index is 1.73. The van der Waals surface area contributed by atoms with Crippen molar-refractivity contribution in [1.82, 2.24) is 5.32 Å². The normalized spacial score (nSPS) is 17.2. The van der Waals surface area contributed by atoms with E-state index in [0.717, 1.165) is 0 Å². The van der Waals surface area contributed by atoms with Crippen LogP contribution in [0, 0.1) is 5.82 Å². The molecule has 2 amide bonds. The summed E-state index contributed by atoms with van der Waals surface area (Å²) in [6.07, 6.45) is 0.380. The average Bonchev–Trinajstić information content (AvgIpc) is 2.91. The number of amides is 2. The Labute approximate surface area is 142 Å². The number of carbonyl (C=O) groups is 2. The van der Waals surface area contributed by atoms with E-state index >= 15 is 0 Å². The third-order valence-corrected chi connectivity index (χ3v) is 4.17. The number of hydrogen-bond acceptors (Lipinski definition) is 3. The van der Waals surface area contributed by atoms with Crippen LogP contribution in [-0.2, 0) is 4.79 Å². The van der Waals surface area contributed by atoms with Gasteiger partial charge < -0.3 is 15.3 Å². The van der Waals surface area contributed by atoms with Gasteiger partial charge in [-0.2, -0.15) is 0 Å². The molecule has 0 radical (unpaired) electrons. The molecule has 0 aromatic heterocycles. The summed E-state index contributed by atoms with van der Waals surface area (Å²) >= 11 is 5.78. The number of phenolic OH excluding ortho intramolecular Hbond substituents is 1. The van der Waals surface area contributed by atoms with Crippen LogP contribution in [0.2, 0.25) is 5.02 Å². The number of rotatable bonds is 3. The fourth-order valence-electron chi connectivity index (χ4n) is 2.61. The van der Waals surface area contributed by atoms with Crippen LogP contribution < -0.4 is 10.2 Å². The minimum absolute atomic E-state index is 0.0494. The zero-order valence-electron chi connectivity index (χ0n) is 12.5. The summed E-state index contributed by atoms with van der Waals surface area (Å²) in [5.41, 5.74) is 0.432. The van der Waals surface area contributed by atoms with E-state index in [0.29, 0.717) is 13.0 Å². The largest absolute Gasteiger partial charge is 0.506 e. The van der Waals surface area contributed by atoms with Crippen LogP contribution in [-0.4, -0.2) is 29.5 Å². The molecule has 0 aliphatic carbocycles. The molecule has 1 aliphatic rings. The molecule has 2 aromatic carbocycles. The standard InChI is InChI=1S/C17H14ClFN2O3/c18-11-9-10(5-6-15(11)22)16(23)20-13-7-8-21(17(13)24)14-4-2-1-3-12(14)19/h1-6,9,13,22H,7-8H2,(H,20,23)/t13-/m0/s1. The van der Waals surface area contributed by atoms with Crippen molar-refractivity contribution in [3.8, 4) is 5.75 Å². The second-order valence-corrected chi connectivity index (χ2v) is 5.83. The molecule has 3 rings (SSSR count). The summed E-state index contributed by atoms with van der Waals surface area (Å²) < 4.78 is 13.8. The van der Waals surface area contributed by atoms with E-state index in [4.69, 9.17) is 11.6 Å². The SMILES string of the molecule is O=C(N[C@H]1CCN(c2ccccc2F)C1=O)c1ccc(O)c(Cl)c1. The van der Waals surface area contributed by atoms with Gasteiger partial charge in [-0.05, 0) is 36.8 Å². The number of aromatic hydroxyl groups is 1. The lowest BCUT2D eigenvalue weighted by Crippen LogP contribution is -2.41. The van der Waals surface area contributed by atoms with Crippen molar-refractivity contribution >= 4 is 29.1 Å². The Morgan fingerprint density at radius 2 is 2.04 bits per heavy atom. The molecule has 1 atom stereocenters. The maximum Gasteiger partial charge on any atom is 0.251 e. The minimum atomic E-state index is -0.732. The number of benzene rings is 2. The molecule has 0 spiro atoms. The summed E-state index contributed by atoms with van der Waals surface area (Å²) in [6, 6.07) is 9.31. The van der Waals surface area contributed by atoms with Gasteiger partial charge in [-0.25, -0.2) is 4.39 Å². The smallest absolute Gasteiger partial charge is 0.251 e. The van der Waals surface area contributed by atoms with Gasteiger partial charge in [0, 0.05) is 12.1 Å². The topological polar surface area (TPSA) is 69.6 Å². The van der Waals surface area contributed by atoms with Crippen molar-refractivity contribution in [1.29, 1.82) is 0 Å². The molecule has 124 valence electrons. The number of halogens is 2. The number of carbonyl (C=O) groups excluding carboxylic acids is 2. The van der Waals surface area contributed by atoms with E-state index in [2.05, 4.69) is 5.32 Å². The second kappa shape index (κ2) is 6.49. The maximum atomic E-state index is 13.8. The van der Waals surface area contributed by atoms with Crippen LogP contribution in [0.5, 0.6) is 5.75 Å². The first-order valence-corrected chi connectivity index (χ1v) is 7.70. The molecule has 1 saturated heterocycles. The first-order valence-electron chi connectivity index (χ1n) is 7.32. The summed E-state index contributed by atoms with van der Waals surface area (Å²) in [6.45, 7) is 0.320. The van der Waals surface area contributed by atoms with Gasteiger partial charge in [-0.3, -0.25) is 9.59 Å². The molecular weight excluding hydrogens is 335 g/mol. The molecule has 0 unspecified atom stereocenters. The first-order chi connectivity index (χ1) is 11.5. The zero-order chi connectivity index (χ0) is 17.3. The highest BCUT2D eigenvalue weighted by molar-refractivity contribution is 6.32. The molecular formula is C17H14ClFN2O3. The van der Waals surface area contributed by atoms with Gasteiger partial charge >= 0.3 is 0 Å². The third-order valence-electron chi connectivity index (χ3n) is 3.86. The molecule has 0 saturated carbocycles. The molecule has 1 fully saturated rings. The molecule has 7 heteroatoms. The number of para-hydroxylation sites is 1. The fraction of sp³-hybridized carbons (Fsp3) is 0.176. The molecule has 24 heavy (non-hydrogen) atoms.